The second kappa shape index (κ2) is 18.8. The Kier molecular flexibility index (Phi) is 12.9. The molecular weight excluding hydrogens is 950 g/mol. The summed E-state index contributed by atoms with van der Waals surface area (Å²) in [6.07, 6.45) is 2.15. The number of aromatic carboxylic acids is 1. The van der Waals surface area contributed by atoms with Crippen LogP contribution in [0.1, 0.15) is 89.4 Å². The van der Waals surface area contributed by atoms with Gasteiger partial charge in [0.15, 0.2) is 17.2 Å². The number of rotatable bonds is 13. The van der Waals surface area contributed by atoms with Crippen LogP contribution in [0, 0.1) is 0 Å². The van der Waals surface area contributed by atoms with Crippen LogP contribution in [0.5, 0.6) is 11.5 Å². The molecule has 0 aliphatic carbocycles. The molecule has 0 spiro atoms. The number of nitrogens with zero attached hydrogens (tertiary/aromatic N) is 3. The number of imide groups is 1. The first kappa shape index (κ1) is 47.5. The van der Waals surface area contributed by atoms with Gasteiger partial charge in [0.25, 0.3) is 5.91 Å². The smallest absolute Gasteiger partial charge is 0.349 e. The van der Waals surface area contributed by atoms with E-state index in [2.05, 4.69) is 10.6 Å². The third-order valence-electron chi connectivity index (χ3n) is 13.2. The zero-order valence-electron chi connectivity index (χ0n) is 37.5. The number of hydrogen-bond acceptors (Lipinski definition) is 11. The molecule has 360 valence electrons. The SMILES string of the molecule is CC1(C)C[C@@H](Oc2cccc(-c3sc(C(=O)O)c(OCC(=O)O)c3Cl)c2)CCN1S(=O)(=O)Cc1cccc(NC(=O)N2CCC(c3ccc4c5c(cccc35)C(=O)N4C3CCC(=O)NC3=O)CC2)c1. The molecule has 4 aliphatic rings. The van der Waals surface area contributed by atoms with Gasteiger partial charge in [0.1, 0.15) is 22.9 Å². The molecule has 69 heavy (non-hydrogen) atoms. The van der Waals surface area contributed by atoms with Gasteiger partial charge < -0.3 is 29.9 Å². The van der Waals surface area contributed by atoms with Crippen molar-refractivity contribution in [2.24, 2.45) is 0 Å². The fourth-order valence-corrected chi connectivity index (χ4v) is 13.4. The molecule has 1 unspecified atom stereocenters. The maximum Gasteiger partial charge on any atom is 0.349 e. The number of carboxylic acids is 2. The Labute approximate surface area is 406 Å². The molecule has 5 heterocycles. The molecule has 1 aromatic heterocycles. The fraction of sp³-hybridized carbons (Fsp3) is 0.347. The van der Waals surface area contributed by atoms with Crippen LogP contribution in [0.3, 0.4) is 0 Å². The summed E-state index contributed by atoms with van der Waals surface area (Å²) >= 11 is 7.36. The van der Waals surface area contributed by atoms with Crippen LogP contribution in [0.25, 0.3) is 21.2 Å². The number of benzene rings is 4. The molecule has 4 aromatic carbocycles. The molecule has 2 atom stereocenters. The van der Waals surface area contributed by atoms with Gasteiger partial charge in [0.2, 0.25) is 21.8 Å². The highest BCUT2D eigenvalue weighted by Gasteiger charge is 2.43. The van der Waals surface area contributed by atoms with E-state index >= 15 is 0 Å². The molecule has 5 aromatic rings. The standard InChI is InChI=1S/C49H48ClN5O12S2/c1-49(2)24-32(67-31-9-4-7-29(23-31)43-41(50)42(66-25-39(57)58)44(68-43)47(61)62)18-21-54(49)69(64,65)26-27-6-3-8-30(22-27)51-48(63)53-19-16-28(17-20-53)33-12-13-36-40-34(33)10-5-11-35(40)46(60)55(36)37-14-15-38(56)52-45(37)59/h3-13,22-23,28,32,37H,14-21,24-26H2,1-2H3,(H,51,63)(H,57,58)(H,61,62)(H,52,56,59)/t32-,37?/m0/s1. The lowest BCUT2D eigenvalue weighted by Gasteiger charge is -2.44. The van der Waals surface area contributed by atoms with Crippen molar-refractivity contribution in [1.29, 1.82) is 0 Å². The first-order valence-electron chi connectivity index (χ1n) is 22.4. The van der Waals surface area contributed by atoms with Crippen molar-refractivity contribution < 1.29 is 56.9 Å². The van der Waals surface area contributed by atoms with E-state index < -0.39 is 46.1 Å². The molecule has 3 fully saturated rings. The van der Waals surface area contributed by atoms with Gasteiger partial charge in [-0.05, 0) is 104 Å². The average molecular weight is 999 g/mol. The fourth-order valence-electron chi connectivity index (χ4n) is 10.1. The number of carbonyl (C=O) groups is 6. The molecule has 9 rings (SSSR count). The van der Waals surface area contributed by atoms with Crippen molar-refractivity contribution in [3.8, 4) is 21.9 Å². The lowest BCUT2D eigenvalue weighted by molar-refractivity contribution is -0.139. The predicted octanol–water partition coefficient (Wildman–Crippen LogP) is 7.71. The number of amides is 5. The number of aliphatic carboxylic acids is 1. The highest BCUT2D eigenvalue weighted by atomic mass is 35.5. The third-order valence-corrected chi connectivity index (χ3v) is 16.9. The number of urea groups is 1. The van der Waals surface area contributed by atoms with E-state index in [4.69, 9.17) is 26.2 Å². The summed E-state index contributed by atoms with van der Waals surface area (Å²) in [6, 6.07) is 22.1. The number of carboxylic acid groups (broad SMARTS) is 2. The van der Waals surface area contributed by atoms with Crippen LogP contribution in [-0.4, -0.2) is 107 Å². The number of thiophene rings is 1. The summed E-state index contributed by atoms with van der Waals surface area (Å²) in [4.78, 5) is 78.3. The number of hydrogen-bond donors (Lipinski definition) is 4. The molecule has 3 saturated heterocycles. The van der Waals surface area contributed by atoms with E-state index in [1.165, 1.54) is 9.21 Å². The Morgan fingerprint density at radius 3 is 2.41 bits per heavy atom. The molecule has 4 aliphatic heterocycles. The van der Waals surface area contributed by atoms with Gasteiger partial charge in [-0.25, -0.2) is 22.8 Å². The summed E-state index contributed by atoms with van der Waals surface area (Å²) in [5, 5.41) is 25.8. The number of nitrogens with one attached hydrogen (secondary N) is 2. The predicted molar refractivity (Wildman–Crippen MR) is 258 cm³/mol. The van der Waals surface area contributed by atoms with Gasteiger partial charge in [0.05, 0.1) is 16.3 Å². The zero-order valence-corrected chi connectivity index (χ0v) is 39.9. The number of ether oxygens (including phenoxy) is 2. The largest absolute Gasteiger partial charge is 0.490 e. The van der Waals surface area contributed by atoms with Crippen LogP contribution in [0.15, 0.2) is 78.9 Å². The van der Waals surface area contributed by atoms with Gasteiger partial charge >= 0.3 is 18.0 Å². The van der Waals surface area contributed by atoms with Gasteiger partial charge in [-0.1, -0.05) is 54.1 Å². The number of halogens is 1. The van der Waals surface area contributed by atoms with Crippen LogP contribution in [0.2, 0.25) is 5.02 Å². The first-order valence-corrected chi connectivity index (χ1v) is 25.2. The molecule has 0 saturated carbocycles. The Hall–Kier alpha value is -6.54. The normalized spacial score (nSPS) is 19.7. The maximum atomic E-state index is 14.1. The number of sulfonamides is 1. The minimum atomic E-state index is -3.85. The van der Waals surface area contributed by atoms with E-state index in [9.17, 15) is 42.3 Å². The van der Waals surface area contributed by atoms with E-state index in [0.29, 0.717) is 77.5 Å². The average Bonchev–Trinajstić information content (AvgIpc) is 3.78. The lowest BCUT2D eigenvalue weighted by Crippen LogP contribution is -2.55. The maximum absolute atomic E-state index is 14.1. The van der Waals surface area contributed by atoms with Gasteiger partial charge in [-0.3, -0.25) is 24.6 Å². The topological polar surface area (TPSA) is 229 Å². The Morgan fingerprint density at radius 1 is 0.928 bits per heavy atom. The minimum Gasteiger partial charge on any atom is -0.490 e. The van der Waals surface area contributed by atoms with Crippen LogP contribution >= 0.6 is 22.9 Å². The van der Waals surface area contributed by atoms with Gasteiger partial charge in [0, 0.05) is 54.7 Å². The monoisotopic (exact) mass is 997 g/mol. The molecule has 17 nitrogen and oxygen atoms in total. The molecule has 4 N–H and O–H groups in total. The highest BCUT2D eigenvalue weighted by Crippen LogP contribution is 2.47. The molecule has 0 radical (unpaired) electrons. The van der Waals surface area contributed by atoms with Gasteiger partial charge in [-0.2, -0.15) is 4.31 Å². The van der Waals surface area contributed by atoms with E-state index in [1.54, 1.807) is 59.5 Å². The van der Waals surface area contributed by atoms with E-state index in [0.717, 1.165) is 27.7 Å². The second-order valence-corrected chi connectivity index (χ2v) is 21.5. The molecular formula is C49H48ClN5O12S2. The summed E-state index contributed by atoms with van der Waals surface area (Å²) in [7, 11) is -3.85. The van der Waals surface area contributed by atoms with Crippen LogP contribution in [0.4, 0.5) is 16.2 Å². The quantitative estimate of drug-likeness (QED) is 0.0832. The number of piperidine rings is 3. The van der Waals surface area contributed by atoms with Crippen molar-refractivity contribution in [3.63, 3.8) is 0 Å². The highest BCUT2D eigenvalue weighted by molar-refractivity contribution is 7.88. The molecule has 20 heteroatoms. The molecule has 5 amide bonds. The summed E-state index contributed by atoms with van der Waals surface area (Å²) in [6.45, 7) is 4.05. The minimum absolute atomic E-state index is 0.0312. The van der Waals surface area contributed by atoms with E-state index in [1.807, 2.05) is 38.1 Å². The Morgan fingerprint density at radius 2 is 1.68 bits per heavy atom. The van der Waals surface area contributed by atoms with Crippen molar-refractivity contribution >= 4 is 90.8 Å². The third kappa shape index (κ3) is 9.47. The molecule has 0 bridgehead atoms. The van der Waals surface area contributed by atoms with Crippen molar-refractivity contribution in [2.75, 3.05) is 36.5 Å². The number of carbonyl (C=O) groups excluding carboxylic acids is 4. The number of likely N-dealkylation sites (tertiary alicyclic amines) is 1. The van der Waals surface area contributed by atoms with Crippen molar-refractivity contribution in [1.82, 2.24) is 14.5 Å². The Bertz CT molecular complexity index is 3060. The van der Waals surface area contributed by atoms with Crippen molar-refractivity contribution in [3.05, 3.63) is 105 Å². The zero-order chi connectivity index (χ0) is 48.9. The number of anilines is 2. The summed E-state index contributed by atoms with van der Waals surface area (Å²) < 4.78 is 41.2. The second-order valence-electron chi connectivity index (χ2n) is 18.2. The van der Waals surface area contributed by atoms with Gasteiger partial charge in [-0.15, -0.1) is 11.3 Å². The lowest BCUT2D eigenvalue weighted by atomic mass is 9.85. The van der Waals surface area contributed by atoms with Crippen LogP contribution in [-0.2, 0) is 30.2 Å². The Balaban J connectivity index is 0.803. The van der Waals surface area contributed by atoms with E-state index in [-0.39, 0.29) is 70.7 Å². The summed E-state index contributed by atoms with van der Waals surface area (Å²) in [5.74, 6) is -3.64. The van der Waals surface area contributed by atoms with Crippen molar-refractivity contribution in [2.45, 2.75) is 81.7 Å². The summed E-state index contributed by atoms with van der Waals surface area (Å²) in [5.41, 5.74) is 2.91. The van der Waals surface area contributed by atoms with Crippen LogP contribution < -0.4 is 25.0 Å². The first-order chi connectivity index (χ1) is 32.9.